The third-order valence-electron chi connectivity index (χ3n) is 6.98. The Kier molecular flexibility index (Phi) is 11.3. The quantitative estimate of drug-likeness (QED) is 0.277. The van der Waals surface area contributed by atoms with Gasteiger partial charge in [-0.3, -0.25) is 14.4 Å². The zero-order valence-corrected chi connectivity index (χ0v) is 24.4. The monoisotopic (exact) mass is 531 g/mol. The number of aliphatic hydroxyl groups excluding tert-OH is 1. The van der Waals surface area contributed by atoms with Gasteiger partial charge in [-0.05, 0) is 63.5 Å². The van der Waals surface area contributed by atoms with E-state index in [1.165, 1.54) is 0 Å². The van der Waals surface area contributed by atoms with E-state index >= 15 is 0 Å². The Morgan fingerprint density at radius 3 is 2.47 bits per heavy atom. The predicted octanol–water partition coefficient (Wildman–Crippen LogP) is 3.97. The Bertz CT molecular complexity index is 955. The number of rotatable bonds is 12. The molecule has 38 heavy (non-hydrogen) atoms. The van der Waals surface area contributed by atoms with E-state index in [-0.39, 0.29) is 43.1 Å². The smallest absolute Gasteiger partial charge is 0.311 e. The maximum Gasteiger partial charge on any atom is 0.311 e. The van der Waals surface area contributed by atoms with Crippen molar-refractivity contribution in [2.45, 2.75) is 105 Å². The molecule has 8 nitrogen and oxygen atoms in total. The van der Waals surface area contributed by atoms with Crippen molar-refractivity contribution in [3.8, 4) is 0 Å². The first-order chi connectivity index (χ1) is 17.6. The highest BCUT2D eigenvalue weighted by Crippen LogP contribution is 2.35. The molecule has 2 amide bonds. The number of nitrogens with one attached hydrogen (secondary N) is 1. The van der Waals surface area contributed by atoms with E-state index in [0.29, 0.717) is 19.4 Å². The summed E-state index contributed by atoms with van der Waals surface area (Å²) in [6.45, 7) is 14.2. The van der Waals surface area contributed by atoms with Crippen LogP contribution in [0.2, 0.25) is 0 Å². The van der Waals surface area contributed by atoms with E-state index in [4.69, 9.17) is 10.5 Å². The van der Waals surface area contributed by atoms with Gasteiger partial charge in [0.2, 0.25) is 11.8 Å². The van der Waals surface area contributed by atoms with Crippen molar-refractivity contribution in [3.05, 3.63) is 29.8 Å². The van der Waals surface area contributed by atoms with E-state index < -0.39 is 29.1 Å². The van der Waals surface area contributed by atoms with E-state index in [2.05, 4.69) is 12.2 Å². The van der Waals surface area contributed by atoms with Crippen LogP contribution in [0.4, 0.5) is 5.69 Å². The Hall–Kier alpha value is -2.45. The summed E-state index contributed by atoms with van der Waals surface area (Å²) in [6, 6.07) is 7.09. The number of nitrogens with two attached hydrogens (primary N) is 1. The fourth-order valence-corrected chi connectivity index (χ4v) is 4.93. The minimum absolute atomic E-state index is 0.0811. The van der Waals surface area contributed by atoms with Gasteiger partial charge in [-0.15, -0.1) is 0 Å². The average molecular weight is 532 g/mol. The Morgan fingerprint density at radius 1 is 1.18 bits per heavy atom. The number of esters is 1. The van der Waals surface area contributed by atoms with E-state index in [1.54, 1.807) is 11.8 Å². The van der Waals surface area contributed by atoms with Gasteiger partial charge < -0.3 is 25.8 Å². The van der Waals surface area contributed by atoms with Gasteiger partial charge in [0.25, 0.3) is 0 Å². The van der Waals surface area contributed by atoms with Crippen LogP contribution in [0.25, 0.3) is 0 Å². The molecule has 0 aliphatic carbocycles. The van der Waals surface area contributed by atoms with Crippen LogP contribution in [0, 0.1) is 17.3 Å². The zero-order valence-electron chi connectivity index (χ0n) is 24.4. The van der Waals surface area contributed by atoms with Crippen LogP contribution in [0.1, 0.15) is 86.1 Å². The largest absolute Gasteiger partial charge is 0.460 e. The molecule has 4 N–H and O–H groups in total. The first-order valence-corrected chi connectivity index (χ1v) is 14.0. The number of anilines is 1. The number of ether oxygens (including phenoxy) is 1. The van der Waals surface area contributed by atoms with Crippen LogP contribution in [0.3, 0.4) is 0 Å². The van der Waals surface area contributed by atoms with Gasteiger partial charge in [0.15, 0.2) is 0 Å². The van der Waals surface area contributed by atoms with Crippen LogP contribution in [0.5, 0.6) is 0 Å². The molecule has 1 aromatic rings. The number of para-hydroxylation sites is 1. The molecule has 1 aromatic carbocycles. The van der Waals surface area contributed by atoms with Crippen LogP contribution in [0.15, 0.2) is 24.3 Å². The average Bonchev–Trinajstić information content (AvgIpc) is 2.81. The van der Waals surface area contributed by atoms with Crippen molar-refractivity contribution in [3.63, 3.8) is 0 Å². The molecule has 2 rings (SSSR count). The van der Waals surface area contributed by atoms with Crippen molar-refractivity contribution >= 4 is 23.5 Å². The Labute approximate surface area is 228 Å². The summed E-state index contributed by atoms with van der Waals surface area (Å²) < 4.78 is 5.63. The summed E-state index contributed by atoms with van der Waals surface area (Å²) in [5.74, 6) is -1.27. The lowest BCUT2D eigenvalue weighted by Gasteiger charge is -2.37. The minimum Gasteiger partial charge on any atom is -0.460 e. The van der Waals surface area contributed by atoms with Crippen LogP contribution in [-0.2, 0) is 25.5 Å². The maximum absolute atomic E-state index is 13.6. The second-order valence-corrected chi connectivity index (χ2v) is 12.6. The molecule has 0 bridgehead atoms. The lowest BCUT2D eigenvalue weighted by molar-refractivity contribution is -0.159. The molecule has 1 heterocycles. The highest BCUT2D eigenvalue weighted by atomic mass is 16.6. The molecule has 4 atom stereocenters. The molecular weight excluding hydrogens is 482 g/mol. The van der Waals surface area contributed by atoms with E-state index in [0.717, 1.165) is 24.1 Å². The summed E-state index contributed by atoms with van der Waals surface area (Å²) >= 11 is 0. The molecule has 1 aliphatic rings. The number of benzene rings is 1. The standard InChI is InChI=1S/C30H49N3O5/c1-8-9-14-32-27(36)20(2)15-25(34)23(31)17-30(6,7)18-26(35)33-19-22(28(37)38-29(3,4)5)16-21-12-10-11-13-24(21)33/h10-13,20,22-23,25,34H,8-9,14-19,31H2,1-7H3,(H,32,36)/t20-,22-,23+,25+/m1/s1. The second kappa shape index (κ2) is 13.6. The first-order valence-electron chi connectivity index (χ1n) is 14.0. The molecular formula is C30H49N3O5. The van der Waals surface area contributed by atoms with Crippen molar-refractivity contribution < 1.29 is 24.2 Å². The summed E-state index contributed by atoms with van der Waals surface area (Å²) in [5, 5.41) is 13.6. The van der Waals surface area contributed by atoms with Gasteiger partial charge in [-0.1, -0.05) is 52.3 Å². The van der Waals surface area contributed by atoms with Crippen LogP contribution < -0.4 is 16.0 Å². The number of carbonyl (C=O) groups excluding carboxylic acids is 3. The molecule has 1 aliphatic heterocycles. The predicted molar refractivity (Wildman–Crippen MR) is 151 cm³/mol. The Balaban J connectivity index is 2.04. The van der Waals surface area contributed by atoms with Crippen molar-refractivity contribution in [2.75, 3.05) is 18.0 Å². The molecule has 0 saturated carbocycles. The number of amides is 2. The highest BCUT2D eigenvalue weighted by molar-refractivity contribution is 5.96. The highest BCUT2D eigenvalue weighted by Gasteiger charge is 2.37. The number of unbranched alkanes of at least 4 members (excludes halogenated alkanes) is 1. The van der Waals surface area contributed by atoms with Crippen molar-refractivity contribution in [1.82, 2.24) is 5.32 Å². The first kappa shape index (κ1) is 31.8. The van der Waals surface area contributed by atoms with Gasteiger partial charge in [-0.25, -0.2) is 0 Å². The lowest BCUT2D eigenvalue weighted by atomic mass is 9.79. The van der Waals surface area contributed by atoms with Crippen LogP contribution in [-0.4, -0.2) is 53.7 Å². The summed E-state index contributed by atoms with van der Waals surface area (Å²) in [7, 11) is 0. The number of carbonyl (C=O) groups is 3. The summed E-state index contributed by atoms with van der Waals surface area (Å²) in [6.07, 6.45) is 2.47. The third kappa shape index (κ3) is 9.70. The zero-order chi connectivity index (χ0) is 28.7. The van der Waals surface area contributed by atoms with E-state index in [9.17, 15) is 19.5 Å². The third-order valence-corrected chi connectivity index (χ3v) is 6.98. The normalized spacial score (nSPS) is 18.2. The lowest BCUT2D eigenvalue weighted by Crippen LogP contribution is -2.46. The van der Waals surface area contributed by atoms with Gasteiger partial charge in [0.1, 0.15) is 5.60 Å². The fourth-order valence-electron chi connectivity index (χ4n) is 4.93. The minimum atomic E-state index is -0.858. The second-order valence-electron chi connectivity index (χ2n) is 12.6. The van der Waals surface area contributed by atoms with Crippen molar-refractivity contribution in [2.24, 2.45) is 23.0 Å². The molecule has 0 saturated heterocycles. The molecule has 0 spiro atoms. The molecule has 0 radical (unpaired) electrons. The summed E-state index contributed by atoms with van der Waals surface area (Å²) in [5.41, 5.74) is 7.02. The molecule has 0 aromatic heterocycles. The molecule has 0 fully saturated rings. The van der Waals surface area contributed by atoms with Crippen LogP contribution >= 0.6 is 0 Å². The van der Waals surface area contributed by atoms with Gasteiger partial charge in [0, 0.05) is 37.2 Å². The van der Waals surface area contributed by atoms with Crippen molar-refractivity contribution in [1.29, 1.82) is 0 Å². The number of nitrogens with zero attached hydrogens (tertiary/aromatic N) is 1. The van der Waals surface area contributed by atoms with Gasteiger partial charge in [-0.2, -0.15) is 0 Å². The summed E-state index contributed by atoms with van der Waals surface area (Å²) in [4.78, 5) is 40.4. The SMILES string of the molecule is CCCCNC(=O)[C@H](C)C[C@H](O)[C@@H](N)CC(C)(C)CC(=O)N1C[C@H](C(=O)OC(C)(C)C)Cc2ccccc21. The Morgan fingerprint density at radius 2 is 1.84 bits per heavy atom. The molecule has 8 heteroatoms. The number of hydrogen-bond donors (Lipinski definition) is 3. The number of hydrogen-bond acceptors (Lipinski definition) is 6. The molecule has 0 unspecified atom stereocenters. The topological polar surface area (TPSA) is 122 Å². The van der Waals surface area contributed by atoms with E-state index in [1.807, 2.05) is 58.9 Å². The van der Waals surface area contributed by atoms with Gasteiger partial charge >= 0.3 is 5.97 Å². The fraction of sp³-hybridized carbons (Fsp3) is 0.700. The maximum atomic E-state index is 13.6. The van der Waals surface area contributed by atoms with Gasteiger partial charge in [0.05, 0.1) is 12.0 Å². The number of fused-ring (bicyclic) bond motifs is 1. The molecule has 214 valence electrons. The number of aliphatic hydroxyl groups is 1.